The van der Waals surface area contributed by atoms with Gasteiger partial charge in [-0.3, -0.25) is 0 Å². The number of hydrogen-bond acceptors (Lipinski definition) is 3. The minimum absolute atomic E-state index is 0.411. The summed E-state index contributed by atoms with van der Waals surface area (Å²) in [5, 5.41) is 6.20. The van der Waals surface area contributed by atoms with Crippen molar-refractivity contribution in [3.05, 3.63) is 46.4 Å². The van der Waals surface area contributed by atoms with E-state index in [1.54, 1.807) is 0 Å². The molecule has 2 aromatic carbocycles. The molecular formula is C23H30BrN3. The van der Waals surface area contributed by atoms with Crippen LogP contribution in [0.25, 0.3) is 21.8 Å². The Balaban J connectivity index is 1.91. The molecule has 0 bridgehead atoms. The molecule has 1 atom stereocenters. The Morgan fingerprint density at radius 3 is 2.59 bits per heavy atom. The minimum Gasteiger partial charge on any atom is -0.381 e. The van der Waals surface area contributed by atoms with Crippen molar-refractivity contribution in [3.8, 4) is 0 Å². The Labute approximate surface area is 171 Å². The van der Waals surface area contributed by atoms with E-state index in [1.807, 2.05) is 0 Å². The highest BCUT2D eigenvalue weighted by atomic mass is 79.9. The van der Waals surface area contributed by atoms with Crippen molar-refractivity contribution >= 4 is 43.4 Å². The van der Waals surface area contributed by atoms with E-state index in [-0.39, 0.29) is 0 Å². The second-order valence-corrected chi connectivity index (χ2v) is 8.25. The monoisotopic (exact) mass is 427 g/mol. The molecule has 0 aliphatic heterocycles. The summed E-state index contributed by atoms with van der Waals surface area (Å²) in [6, 6.07) is 13.2. The topological polar surface area (TPSA) is 28.2 Å². The number of fused-ring (bicyclic) bond motifs is 2. The van der Waals surface area contributed by atoms with Gasteiger partial charge in [0, 0.05) is 21.3 Å². The Morgan fingerprint density at radius 2 is 1.85 bits per heavy atom. The van der Waals surface area contributed by atoms with Crippen LogP contribution in [0.4, 0.5) is 5.69 Å². The molecule has 1 aromatic heterocycles. The number of nitrogens with zero attached hydrogens (tertiary/aromatic N) is 2. The van der Waals surface area contributed by atoms with Crippen LogP contribution in [0.1, 0.15) is 39.2 Å². The van der Waals surface area contributed by atoms with Gasteiger partial charge < -0.3 is 10.2 Å². The number of para-hydroxylation sites is 1. The molecule has 3 rings (SSSR count). The number of nitrogens with one attached hydrogen (secondary N) is 1. The van der Waals surface area contributed by atoms with Gasteiger partial charge in [-0.15, -0.1) is 0 Å². The van der Waals surface area contributed by atoms with Gasteiger partial charge in [-0.1, -0.05) is 48.0 Å². The fraction of sp³-hybridized carbons (Fsp3) is 0.435. The predicted octanol–water partition coefficient (Wildman–Crippen LogP) is 6.38. The molecule has 4 heteroatoms. The molecule has 1 N–H and O–H groups in total. The first kappa shape index (κ1) is 20.1. The van der Waals surface area contributed by atoms with Crippen molar-refractivity contribution in [1.29, 1.82) is 0 Å². The molecule has 27 heavy (non-hydrogen) atoms. The van der Waals surface area contributed by atoms with Gasteiger partial charge in [0.05, 0.1) is 16.7 Å². The first-order chi connectivity index (χ1) is 13.0. The van der Waals surface area contributed by atoms with Crippen LogP contribution in [0.5, 0.6) is 0 Å². The van der Waals surface area contributed by atoms with E-state index in [0.29, 0.717) is 6.04 Å². The minimum atomic E-state index is 0.411. The number of halogens is 1. The molecule has 0 fully saturated rings. The van der Waals surface area contributed by atoms with Crippen LogP contribution in [0.15, 0.2) is 40.9 Å². The first-order valence-corrected chi connectivity index (χ1v) is 10.8. The normalized spacial score (nSPS) is 12.8. The van der Waals surface area contributed by atoms with E-state index in [2.05, 4.69) is 90.2 Å². The molecule has 0 aliphatic rings. The van der Waals surface area contributed by atoms with Crippen LogP contribution < -0.4 is 5.32 Å². The fourth-order valence-corrected chi connectivity index (χ4v) is 4.33. The largest absolute Gasteiger partial charge is 0.381 e. The van der Waals surface area contributed by atoms with Crippen LogP contribution in [-0.4, -0.2) is 35.6 Å². The highest BCUT2D eigenvalue weighted by Crippen LogP contribution is 2.34. The lowest BCUT2D eigenvalue weighted by atomic mass is 10.0. The zero-order chi connectivity index (χ0) is 19.4. The average molecular weight is 428 g/mol. The van der Waals surface area contributed by atoms with Crippen LogP contribution in [-0.2, 0) is 0 Å². The van der Waals surface area contributed by atoms with E-state index in [1.165, 1.54) is 35.0 Å². The summed E-state index contributed by atoms with van der Waals surface area (Å²) in [5.41, 5.74) is 4.53. The standard InChI is InChI=1S/C23H30BrN3/c1-5-27(6-2)13-9-10-17(4)25-23-19-11-7-8-12-21(19)26-22-16(3)14-18(24)15-20(22)23/h7-8,11-12,14-15,17H,5-6,9-10,13H2,1-4H3,(H,25,26)/t17-/m1/s1. The number of aromatic nitrogens is 1. The second-order valence-electron chi connectivity index (χ2n) is 7.34. The zero-order valence-corrected chi connectivity index (χ0v) is 18.4. The van der Waals surface area contributed by atoms with Gasteiger partial charge in [0.1, 0.15) is 0 Å². The molecule has 3 nitrogen and oxygen atoms in total. The smallest absolute Gasteiger partial charge is 0.0760 e. The third-order valence-corrected chi connectivity index (χ3v) is 5.79. The van der Waals surface area contributed by atoms with E-state index in [9.17, 15) is 0 Å². The van der Waals surface area contributed by atoms with Crippen molar-refractivity contribution in [3.63, 3.8) is 0 Å². The summed E-state index contributed by atoms with van der Waals surface area (Å²) in [5.74, 6) is 0. The van der Waals surface area contributed by atoms with Gasteiger partial charge in [0.25, 0.3) is 0 Å². The molecule has 0 spiro atoms. The molecule has 0 unspecified atom stereocenters. The number of pyridine rings is 1. The summed E-state index contributed by atoms with van der Waals surface area (Å²) in [6.45, 7) is 12.3. The number of anilines is 1. The summed E-state index contributed by atoms with van der Waals surface area (Å²) >= 11 is 3.66. The second kappa shape index (κ2) is 9.03. The van der Waals surface area contributed by atoms with E-state index in [0.717, 1.165) is 35.0 Å². The third-order valence-electron chi connectivity index (χ3n) is 5.34. The van der Waals surface area contributed by atoms with Crippen LogP contribution in [0.3, 0.4) is 0 Å². The number of hydrogen-bond donors (Lipinski definition) is 1. The molecular weight excluding hydrogens is 398 g/mol. The van der Waals surface area contributed by atoms with Crippen molar-refractivity contribution in [1.82, 2.24) is 9.88 Å². The third kappa shape index (κ3) is 4.61. The van der Waals surface area contributed by atoms with Gasteiger partial charge in [0.15, 0.2) is 0 Å². The molecule has 0 radical (unpaired) electrons. The molecule has 3 aromatic rings. The van der Waals surface area contributed by atoms with Gasteiger partial charge in [-0.2, -0.15) is 0 Å². The van der Waals surface area contributed by atoms with E-state index < -0.39 is 0 Å². The Kier molecular flexibility index (Phi) is 6.72. The quantitative estimate of drug-likeness (QED) is 0.422. The SMILES string of the molecule is CCN(CC)CCC[C@@H](C)Nc1c2ccccc2nc2c(C)cc(Br)cc12. The lowest BCUT2D eigenvalue weighted by molar-refractivity contribution is 0.295. The fourth-order valence-electron chi connectivity index (χ4n) is 3.76. The van der Waals surface area contributed by atoms with Crippen LogP contribution in [0, 0.1) is 6.92 Å². The maximum atomic E-state index is 4.93. The molecule has 1 heterocycles. The highest BCUT2D eigenvalue weighted by Gasteiger charge is 2.14. The van der Waals surface area contributed by atoms with Crippen molar-refractivity contribution in [2.75, 3.05) is 25.0 Å². The number of aryl methyl sites for hydroxylation is 1. The molecule has 0 aliphatic carbocycles. The summed E-state index contributed by atoms with van der Waals surface area (Å²) < 4.78 is 1.10. The lowest BCUT2D eigenvalue weighted by Gasteiger charge is -2.22. The van der Waals surface area contributed by atoms with Crippen molar-refractivity contribution in [2.45, 2.75) is 46.6 Å². The van der Waals surface area contributed by atoms with E-state index >= 15 is 0 Å². The lowest BCUT2D eigenvalue weighted by Crippen LogP contribution is -2.25. The molecule has 0 saturated heterocycles. The molecule has 144 valence electrons. The van der Waals surface area contributed by atoms with Gasteiger partial charge in [0.2, 0.25) is 0 Å². The van der Waals surface area contributed by atoms with Gasteiger partial charge in [-0.25, -0.2) is 4.98 Å². The van der Waals surface area contributed by atoms with Gasteiger partial charge >= 0.3 is 0 Å². The Hall–Kier alpha value is -1.65. The first-order valence-electron chi connectivity index (χ1n) is 10.0. The zero-order valence-electron chi connectivity index (χ0n) is 16.8. The maximum Gasteiger partial charge on any atom is 0.0760 e. The van der Waals surface area contributed by atoms with Gasteiger partial charge in [-0.05, 0) is 70.1 Å². The molecule has 0 amide bonds. The summed E-state index contributed by atoms with van der Waals surface area (Å²) in [7, 11) is 0. The predicted molar refractivity (Wildman–Crippen MR) is 122 cm³/mol. The maximum absolute atomic E-state index is 4.93. The average Bonchev–Trinajstić information content (AvgIpc) is 2.66. The van der Waals surface area contributed by atoms with E-state index in [4.69, 9.17) is 4.98 Å². The number of rotatable bonds is 8. The van der Waals surface area contributed by atoms with Crippen LogP contribution >= 0.6 is 15.9 Å². The highest BCUT2D eigenvalue weighted by molar-refractivity contribution is 9.10. The summed E-state index contributed by atoms with van der Waals surface area (Å²) in [4.78, 5) is 7.42. The Bertz CT molecular complexity index is 918. The Morgan fingerprint density at radius 1 is 1.11 bits per heavy atom. The van der Waals surface area contributed by atoms with Crippen molar-refractivity contribution < 1.29 is 0 Å². The summed E-state index contributed by atoms with van der Waals surface area (Å²) in [6.07, 6.45) is 2.36. The van der Waals surface area contributed by atoms with Crippen molar-refractivity contribution in [2.24, 2.45) is 0 Å². The number of benzene rings is 2. The van der Waals surface area contributed by atoms with Crippen LogP contribution in [0.2, 0.25) is 0 Å². The molecule has 0 saturated carbocycles.